The number of rotatable bonds is 45. The molecule has 69 heavy (non-hydrogen) atoms. The Labute approximate surface area is 421 Å². The Kier molecular flexibility index (Phi) is 44.9. The van der Waals surface area contributed by atoms with E-state index in [1.807, 2.05) is 6.08 Å². The van der Waals surface area contributed by atoms with Gasteiger partial charge < -0.3 is 40.3 Å². The van der Waals surface area contributed by atoms with E-state index in [2.05, 4.69) is 116 Å². The molecular weight excluding hydrogens is 863 g/mol. The van der Waals surface area contributed by atoms with Crippen molar-refractivity contribution in [2.75, 3.05) is 13.2 Å². The lowest BCUT2D eigenvalue weighted by Gasteiger charge is -2.40. The van der Waals surface area contributed by atoms with Gasteiger partial charge in [-0.25, -0.2) is 0 Å². The molecule has 0 radical (unpaired) electrons. The Hall–Kier alpha value is -3.15. The average molecular weight is 964 g/mol. The number of allylic oxidation sites excluding steroid dienone is 17. The fourth-order valence-corrected chi connectivity index (χ4v) is 7.96. The molecule has 9 nitrogen and oxygen atoms in total. The number of carbonyl (C=O) groups excluding carboxylic acids is 1. The minimum atomic E-state index is -1.58. The van der Waals surface area contributed by atoms with Gasteiger partial charge in [0.25, 0.3) is 0 Å². The second kappa shape index (κ2) is 48.5. The number of carbonyl (C=O) groups is 1. The maximum Gasteiger partial charge on any atom is 0.220 e. The maximum absolute atomic E-state index is 13.0. The summed E-state index contributed by atoms with van der Waals surface area (Å²) in [6.45, 7) is 3.62. The molecule has 7 atom stereocenters. The van der Waals surface area contributed by atoms with E-state index < -0.39 is 49.5 Å². The lowest BCUT2D eigenvalue weighted by molar-refractivity contribution is -0.302. The third-order valence-corrected chi connectivity index (χ3v) is 12.3. The molecule has 1 fully saturated rings. The van der Waals surface area contributed by atoms with Gasteiger partial charge in [-0.2, -0.15) is 0 Å². The highest BCUT2D eigenvalue weighted by Crippen LogP contribution is 2.22. The number of hydrogen-bond acceptors (Lipinski definition) is 8. The topological polar surface area (TPSA) is 149 Å². The number of aliphatic hydroxyl groups excluding tert-OH is 5. The summed E-state index contributed by atoms with van der Waals surface area (Å²) >= 11 is 0. The molecular formula is C60H101NO8. The predicted octanol–water partition coefficient (Wildman–Crippen LogP) is 13.4. The fourth-order valence-electron chi connectivity index (χ4n) is 7.96. The van der Waals surface area contributed by atoms with E-state index in [4.69, 9.17) is 9.47 Å². The maximum atomic E-state index is 13.0. The van der Waals surface area contributed by atoms with E-state index in [1.54, 1.807) is 6.08 Å². The lowest BCUT2D eigenvalue weighted by atomic mass is 9.99. The average Bonchev–Trinajstić information content (AvgIpc) is 3.35. The summed E-state index contributed by atoms with van der Waals surface area (Å²) in [5, 5.41) is 54.4. The highest BCUT2D eigenvalue weighted by Gasteiger charge is 2.44. The van der Waals surface area contributed by atoms with Crippen molar-refractivity contribution >= 4 is 5.91 Å². The summed E-state index contributed by atoms with van der Waals surface area (Å²) in [6.07, 6.45) is 64.3. The van der Waals surface area contributed by atoms with Gasteiger partial charge in [-0.3, -0.25) is 4.79 Å². The molecule has 9 heteroatoms. The van der Waals surface area contributed by atoms with Crippen molar-refractivity contribution in [2.24, 2.45) is 0 Å². The second-order valence-electron chi connectivity index (χ2n) is 18.6. The minimum absolute atomic E-state index is 0.201. The molecule has 0 saturated carbocycles. The van der Waals surface area contributed by atoms with Crippen molar-refractivity contribution in [1.82, 2.24) is 5.32 Å². The number of nitrogens with one attached hydrogen (secondary N) is 1. The van der Waals surface area contributed by atoms with Crippen LogP contribution in [0.3, 0.4) is 0 Å². The van der Waals surface area contributed by atoms with E-state index in [9.17, 15) is 30.3 Å². The second-order valence-corrected chi connectivity index (χ2v) is 18.6. The molecule has 0 aromatic rings. The summed E-state index contributed by atoms with van der Waals surface area (Å²) in [5.74, 6) is -0.201. The van der Waals surface area contributed by atoms with E-state index in [0.29, 0.717) is 6.42 Å². The molecule has 0 spiro atoms. The van der Waals surface area contributed by atoms with Crippen molar-refractivity contribution < 1.29 is 39.8 Å². The van der Waals surface area contributed by atoms with Gasteiger partial charge in [0.15, 0.2) is 6.29 Å². The van der Waals surface area contributed by atoms with Gasteiger partial charge in [-0.05, 0) is 96.3 Å². The van der Waals surface area contributed by atoms with Crippen molar-refractivity contribution in [3.63, 3.8) is 0 Å². The van der Waals surface area contributed by atoms with E-state index in [1.165, 1.54) is 83.5 Å². The van der Waals surface area contributed by atoms with Crippen LogP contribution in [0.4, 0.5) is 0 Å². The van der Waals surface area contributed by atoms with Crippen LogP contribution in [0.5, 0.6) is 0 Å². The molecule has 394 valence electrons. The SMILES string of the molecule is CC/C=C\C/C=C\C/C=C\C/C=C\C/C=C\C/C=C\CCCCCCCCCCCCC(=O)NC(COC1OC(CO)C(O)C(O)C1O)C(O)/C=C/CC/C=C/CC/C=C/CCCCCCCCC. The van der Waals surface area contributed by atoms with Gasteiger partial charge in [-0.15, -0.1) is 0 Å². The van der Waals surface area contributed by atoms with Crippen LogP contribution in [-0.2, 0) is 14.3 Å². The van der Waals surface area contributed by atoms with Gasteiger partial charge in [-0.1, -0.05) is 213 Å². The third kappa shape index (κ3) is 38.2. The quantitative estimate of drug-likeness (QED) is 0.0261. The van der Waals surface area contributed by atoms with Crippen LogP contribution in [-0.4, -0.2) is 87.5 Å². The molecule has 1 rings (SSSR count). The third-order valence-electron chi connectivity index (χ3n) is 12.3. The molecule has 0 bridgehead atoms. The molecule has 1 amide bonds. The minimum Gasteiger partial charge on any atom is -0.394 e. The highest BCUT2D eigenvalue weighted by molar-refractivity contribution is 5.76. The fraction of sp³-hybridized carbons (Fsp3) is 0.683. The Balaban J connectivity index is 2.27. The van der Waals surface area contributed by atoms with Gasteiger partial charge in [0.1, 0.15) is 24.4 Å². The Morgan fingerprint density at radius 3 is 1.39 bits per heavy atom. The van der Waals surface area contributed by atoms with Crippen LogP contribution in [0.2, 0.25) is 0 Å². The molecule has 7 unspecified atom stereocenters. The monoisotopic (exact) mass is 964 g/mol. The lowest BCUT2D eigenvalue weighted by Crippen LogP contribution is -2.60. The van der Waals surface area contributed by atoms with Crippen LogP contribution in [0.1, 0.15) is 206 Å². The standard InChI is InChI=1S/C60H101NO8/c1-3-5-7-9-11-13-15-17-19-21-22-23-24-25-26-27-28-29-30-31-32-34-36-38-40-42-44-46-48-50-56(64)61-53(52-68-60-59(67)58(66)57(65)55(51-62)69-60)54(63)49-47-45-43-41-39-37-35-33-20-18-16-14-12-10-8-6-4-2/h5,7,11,13,17,19-20,22-23,25-26,28-29,33,39,41,47,49,53-55,57-60,62-63,65-67H,3-4,6,8-10,12,14-16,18,21,24,27,30-32,34-38,40,42-46,48,50-52H2,1-2H3,(H,61,64)/b7-5-,13-11-,19-17-,23-22-,26-25-,29-28-,33-20+,41-39+,49-47+. The Bertz CT molecular complexity index is 1440. The first-order valence-corrected chi connectivity index (χ1v) is 27.6. The van der Waals surface area contributed by atoms with Crippen molar-refractivity contribution in [3.8, 4) is 0 Å². The summed E-state index contributed by atoms with van der Waals surface area (Å²) in [5.41, 5.74) is 0. The zero-order valence-electron chi connectivity index (χ0n) is 43.5. The molecule has 0 aromatic carbocycles. The molecule has 1 saturated heterocycles. The smallest absolute Gasteiger partial charge is 0.220 e. The zero-order chi connectivity index (χ0) is 50.1. The Morgan fingerprint density at radius 1 is 0.507 bits per heavy atom. The normalized spacial score (nSPS) is 20.4. The first-order valence-electron chi connectivity index (χ1n) is 27.6. The predicted molar refractivity (Wildman–Crippen MR) is 290 cm³/mol. The summed E-state index contributed by atoms with van der Waals surface area (Å²) in [4.78, 5) is 13.0. The molecule has 1 aliphatic heterocycles. The summed E-state index contributed by atoms with van der Waals surface area (Å²) in [7, 11) is 0. The number of unbranched alkanes of at least 4 members (excludes halogenated alkanes) is 19. The number of aliphatic hydroxyl groups is 5. The number of amides is 1. The van der Waals surface area contributed by atoms with Gasteiger partial charge in [0, 0.05) is 6.42 Å². The van der Waals surface area contributed by atoms with Crippen molar-refractivity contribution in [1.29, 1.82) is 0 Å². The Morgan fingerprint density at radius 2 is 0.913 bits per heavy atom. The first kappa shape index (κ1) is 63.9. The molecule has 1 aliphatic rings. The highest BCUT2D eigenvalue weighted by atomic mass is 16.7. The van der Waals surface area contributed by atoms with Crippen LogP contribution in [0, 0.1) is 0 Å². The van der Waals surface area contributed by atoms with Gasteiger partial charge >= 0.3 is 0 Å². The molecule has 0 aliphatic carbocycles. The van der Waals surface area contributed by atoms with Crippen LogP contribution in [0.25, 0.3) is 0 Å². The molecule has 0 aromatic heterocycles. The molecule has 6 N–H and O–H groups in total. The first-order chi connectivity index (χ1) is 33.8. The van der Waals surface area contributed by atoms with Crippen LogP contribution in [0.15, 0.2) is 109 Å². The van der Waals surface area contributed by atoms with E-state index >= 15 is 0 Å². The van der Waals surface area contributed by atoms with Crippen LogP contribution >= 0.6 is 0 Å². The number of hydrogen-bond donors (Lipinski definition) is 6. The van der Waals surface area contributed by atoms with Crippen molar-refractivity contribution in [3.05, 3.63) is 109 Å². The zero-order valence-corrected chi connectivity index (χ0v) is 43.5. The van der Waals surface area contributed by atoms with E-state index in [0.717, 1.165) is 103 Å². The van der Waals surface area contributed by atoms with Gasteiger partial charge in [0.05, 0.1) is 25.4 Å². The van der Waals surface area contributed by atoms with E-state index in [-0.39, 0.29) is 12.5 Å². The summed E-state index contributed by atoms with van der Waals surface area (Å²) in [6, 6.07) is -0.838. The van der Waals surface area contributed by atoms with Gasteiger partial charge in [0.2, 0.25) is 5.91 Å². The molecule has 1 heterocycles. The van der Waals surface area contributed by atoms with Crippen LogP contribution < -0.4 is 5.32 Å². The summed E-state index contributed by atoms with van der Waals surface area (Å²) < 4.78 is 11.2. The largest absolute Gasteiger partial charge is 0.394 e. The number of ether oxygens (including phenoxy) is 2. The van der Waals surface area contributed by atoms with Crippen molar-refractivity contribution in [2.45, 2.75) is 249 Å².